The fourth-order valence-electron chi connectivity index (χ4n) is 2.14. The van der Waals surface area contributed by atoms with E-state index in [1.807, 2.05) is 6.92 Å². The number of amides is 1. The molecule has 0 saturated carbocycles. The highest BCUT2D eigenvalue weighted by Gasteiger charge is 2.14. The van der Waals surface area contributed by atoms with Crippen molar-refractivity contribution >= 4 is 28.9 Å². The van der Waals surface area contributed by atoms with E-state index in [0.29, 0.717) is 18.1 Å². The average molecular weight is 349 g/mol. The quantitative estimate of drug-likeness (QED) is 0.458. The van der Waals surface area contributed by atoms with Gasteiger partial charge in [0, 0.05) is 17.5 Å². The molecule has 0 heterocycles. The number of hydrogen-bond donors (Lipinski definition) is 1. The van der Waals surface area contributed by atoms with Crippen molar-refractivity contribution in [2.45, 2.75) is 19.8 Å². The van der Waals surface area contributed by atoms with Crippen molar-refractivity contribution in [1.29, 1.82) is 0 Å². The first kappa shape index (κ1) is 17.7. The van der Waals surface area contributed by atoms with Crippen LogP contribution in [0, 0.1) is 17.0 Å². The Bertz CT molecular complexity index is 749. The number of nitrogens with zero attached hydrogens (tertiary/aromatic N) is 1. The zero-order chi connectivity index (χ0) is 17.5. The number of halogens is 1. The SMILES string of the molecule is Cc1cc(Cl)ccc1OCCCC(=O)Nc1ccccc1[N+](=O)[O-]. The number of nitro benzene ring substituents is 1. The second-order valence-electron chi connectivity index (χ2n) is 5.18. The van der Waals surface area contributed by atoms with Crippen LogP contribution in [0.5, 0.6) is 5.75 Å². The summed E-state index contributed by atoms with van der Waals surface area (Å²) in [5, 5.41) is 14.1. The van der Waals surface area contributed by atoms with Gasteiger partial charge in [-0.3, -0.25) is 14.9 Å². The van der Waals surface area contributed by atoms with Gasteiger partial charge in [0.1, 0.15) is 11.4 Å². The third-order valence-corrected chi connectivity index (χ3v) is 3.55. The van der Waals surface area contributed by atoms with Gasteiger partial charge in [-0.25, -0.2) is 0 Å². The van der Waals surface area contributed by atoms with Crippen LogP contribution in [0.3, 0.4) is 0 Å². The summed E-state index contributed by atoms with van der Waals surface area (Å²) >= 11 is 5.88. The van der Waals surface area contributed by atoms with Crippen LogP contribution in [0.15, 0.2) is 42.5 Å². The predicted octanol–water partition coefficient (Wildman–Crippen LogP) is 4.35. The molecule has 0 spiro atoms. The predicted molar refractivity (Wildman–Crippen MR) is 92.6 cm³/mol. The van der Waals surface area contributed by atoms with Crippen molar-refractivity contribution in [2.24, 2.45) is 0 Å². The van der Waals surface area contributed by atoms with Gasteiger partial charge in [0.25, 0.3) is 5.69 Å². The highest BCUT2D eigenvalue weighted by atomic mass is 35.5. The van der Waals surface area contributed by atoms with Gasteiger partial charge in [-0.15, -0.1) is 0 Å². The molecule has 0 aliphatic carbocycles. The molecule has 6 nitrogen and oxygen atoms in total. The summed E-state index contributed by atoms with van der Waals surface area (Å²) in [5.41, 5.74) is 0.993. The highest BCUT2D eigenvalue weighted by Crippen LogP contribution is 2.24. The molecule has 1 amide bonds. The van der Waals surface area contributed by atoms with Crippen LogP contribution >= 0.6 is 11.6 Å². The lowest BCUT2D eigenvalue weighted by Crippen LogP contribution is -2.14. The van der Waals surface area contributed by atoms with Crippen molar-refractivity contribution in [3.05, 3.63) is 63.2 Å². The zero-order valence-electron chi connectivity index (χ0n) is 13.1. The second-order valence-corrected chi connectivity index (χ2v) is 5.62. The summed E-state index contributed by atoms with van der Waals surface area (Å²) in [5.74, 6) is 0.430. The molecular formula is C17H17ClN2O4. The number of nitrogens with one attached hydrogen (secondary N) is 1. The maximum Gasteiger partial charge on any atom is 0.292 e. The minimum absolute atomic E-state index is 0.126. The largest absolute Gasteiger partial charge is 0.493 e. The number of nitro groups is 1. The third kappa shape index (κ3) is 4.96. The molecule has 2 aromatic carbocycles. The van der Waals surface area contributed by atoms with Gasteiger partial charge in [-0.1, -0.05) is 23.7 Å². The summed E-state index contributed by atoms with van der Waals surface area (Å²) in [6, 6.07) is 11.4. The van der Waals surface area contributed by atoms with Crippen molar-refractivity contribution in [2.75, 3.05) is 11.9 Å². The Hall–Kier alpha value is -2.60. The van der Waals surface area contributed by atoms with Gasteiger partial charge in [-0.2, -0.15) is 0 Å². The number of aryl methyl sites for hydroxylation is 1. The smallest absolute Gasteiger partial charge is 0.292 e. The Balaban J connectivity index is 1.81. The molecule has 0 atom stereocenters. The number of ether oxygens (including phenoxy) is 1. The molecule has 0 aromatic heterocycles. The molecule has 1 N–H and O–H groups in total. The van der Waals surface area contributed by atoms with E-state index in [-0.39, 0.29) is 23.7 Å². The number of para-hydroxylation sites is 2. The van der Waals surface area contributed by atoms with E-state index in [0.717, 1.165) is 11.3 Å². The molecule has 24 heavy (non-hydrogen) atoms. The Morgan fingerprint density at radius 3 is 2.75 bits per heavy atom. The molecule has 126 valence electrons. The molecule has 0 aliphatic rings. The lowest BCUT2D eigenvalue weighted by molar-refractivity contribution is -0.383. The summed E-state index contributed by atoms with van der Waals surface area (Å²) in [6.07, 6.45) is 0.702. The van der Waals surface area contributed by atoms with E-state index in [1.165, 1.54) is 12.1 Å². The Kier molecular flexibility index (Phi) is 6.14. The Morgan fingerprint density at radius 1 is 1.29 bits per heavy atom. The fraction of sp³-hybridized carbons (Fsp3) is 0.235. The number of benzene rings is 2. The molecule has 0 radical (unpaired) electrons. The summed E-state index contributed by atoms with van der Waals surface area (Å²) < 4.78 is 5.61. The fourth-order valence-corrected chi connectivity index (χ4v) is 2.37. The van der Waals surface area contributed by atoms with Crippen LogP contribution < -0.4 is 10.1 Å². The standard InChI is InChI=1S/C17H17ClN2O4/c1-12-11-13(18)8-9-16(12)24-10-4-7-17(21)19-14-5-2-3-6-15(14)20(22)23/h2-3,5-6,8-9,11H,4,7,10H2,1H3,(H,19,21). The van der Waals surface area contributed by atoms with Crippen LogP contribution in [0.4, 0.5) is 11.4 Å². The van der Waals surface area contributed by atoms with Crippen molar-refractivity contribution in [1.82, 2.24) is 0 Å². The lowest BCUT2D eigenvalue weighted by atomic mass is 10.2. The summed E-state index contributed by atoms with van der Waals surface area (Å²) in [6.45, 7) is 2.26. The van der Waals surface area contributed by atoms with Gasteiger partial charge >= 0.3 is 0 Å². The van der Waals surface area contributed by atoms with Crippen molar-refractivity contribution in [3.63, 3.8) is 0 Å². The second kappa shape index (κ2) is 8.31. The molecular weight excluding hydrogens is 332 g/mol. The van der Waals surface area contributed by atoms with Gasteiger partial charge in [0.05, 0.1) is 11.5 Å². The maximum absolute atomic E-state index is 11.9. The lowest BCUT2D eigenvalue weighted by Gasteiger charge is -2.09. The third-order valence-electron chi connectivity index (χ3n) is 3.32. The van der Waals surface area contributed by atoms with Crippen molar-refractivity contribution in [3.8, 4) is 5.75 Å². The minimum Gasteiger partial charge on any atom is -0.493 e. The van der Waals surface area contributed by atoms with Crippen LogP contribution in [-0.4, -0.2) is 17.4 Å². The van der Waals surface area contributed by atoms with Crippen LogP contribution in [0.25, 0.3) is 0 Å². The molecule has 0 bridgehead atoms. The molecule has 7 heteroatoms. The number of rotatable bonds is 7. The van der Waals surface area contributed by atoms with E-state index in [1.54, 1.807) is 30.3 Å². The molecule has 0 saturated heterocycles. The van der Waals surface area contributed by atoms with Gasteiger partial charge < -0.3 is 10.1 Å². The van der Waals surface area contributed by atoms with E-state index in [2.05, 4.69) is 5.32 Å². The molecule has 0 fully saturated rings. The Labute approximate surface area is 144 Å². The monoisotopic (exact) mass is 348 g/mol. The zero-order valence-corrected chi connectivity index (χ0v) is 13.9. The topological polar surface area (TPSA) is 81.5 Å². The van der Waals surface area contributed by atoms with Gasteiger partial charge in [0.15, 0.2) is 0 Å². The first-order valence-electron chi connectivity index (χ1n) is 7.39. The van der Waals surface area contributed by atoms with E-state index < -0.39 is 4.92 Å². The van der Waals surface area contributed by atoms with E-state index in [4.69, 9.17) is 16.3 Å². The molecule has 0 unspecified atom stereocenters. The molecule has 2 rings (SSSR count). The number of anilines is 1. The van der Waals surface area contributed by atoms with Crippen LogP contribution in [0.1, 0.15) is 18.4 Å². The van der Waals surface area contributed by atoms with Gasteiger partial charge in [0.2, 0.25) is 5.91 Å². The number of carbonyl (C=O) groups excluding carboxylic acids is 1. The van der Waals surface area contributed by atoms with E-state index >= 15 is 0 Å². The minimum atomic E-state index is -0.526. The summed E-state index contributed by atoms with van der Waals surface area (Å²) in [4.78, 5) is 22.3. The Morgan fingerprint density at radius 2 is 2.04 bits per heavy atom. The van der Waals surface area contributed by atoms with E-state index in [9.17, 15) is 14.9 Å². The molecule has 0 aliphatic heterocycles. The first-order chi connectivity index (χ1) is 11.5. The van der Waals surface area contributed by atoms with Crippen molar-refractivity contribution < 1.29 is 14.5 Å². The highest BCUT2D eigenvalue weighted by molar-refractivity contribution is 6.30. The summed E-state index contributed by atoms with van der Waals surface area (Å²) in [7, 11) is 0. The first-order valence-corrected chi connectivity index (χ1v) is 7.77. The normalized spacial score (nSPS) is 10.2. The maximum atomic E-state index is 11.9. The van der Waals surface area contributed by atoms with Crippen LogP contribution in [-0.2, 0) is 4.79 Å². The number of carbonyl (C=O) groups is 1. The van der Waals surface area contributed by atoms with Gasteiger partial charge in [-0.05, 0) is 43.2 Å². The average Bonchev–Trinajstić information content (AvgIpc) is 2.53. The van der Waals surface area contributed by atoms with Crippen LogP contribution in [0.2, 0.25) is 5.02 Å². The number of hydrogen-bond acceptors (Lipinski definition) is 4. The molecule has 2 aromatic rings.